The van der Waals surface area contributed by atoms with Gasteiger partial charge >= 0.3 is 11.9 Å². The molecule has 2 N–H and O–H groups in total. The van der Waals surface area contributed by atoms with Crippen LogP contribution in [0, 0.1) is 0 Å². The van der Waals surface area contributed by atoms with Gasteiger partial charge in [-0.05, 0) is 12.8 Å². The van der Waals surface area contributed by atoms with Crippen LogP contribution in [-0.4, -0.2) is 22.2 Å². The molecule has 0 amide bonds. The summed E-state index contributed by atoms with van der Waals surface area (Å²) >= 11 is 0. The molecular formula is C10H18NiO4. The second-order valence-electron chi connectivity index (χ2n) is 3.41. The Kier molecular flexibility index (Phi) is 12.9. The summed E-state index contributed by atoms with van der Waals surface area (Å²) in [6.07, 6.45) is 5.82. The van der Waals surface area contributed by atoms with Crippen molar-refractivity contribution in [3.8, 4) is 0 Å². The predicted octanol–water partition coefficient (Wildman–Crippen LogP) is 2.27. The molecule has 92 valence electrons. The average molecular weight is 261 g/mol. The molecule has 5 heteroatoms. The molecule has 0 saturated heterocycles. The molecule has 4 nitrogen and oxygen atoms in total. The summed E-state index contributed by atoms with van der Waals surface area (Å²) in [6.45, 7) is 0. The van der Waals surface area contributed by atoms with Gasteiger partial charge in [-0.25, -0.2) is 0 Å². The van der Waals surface area contributed by atoms with Crippen molar-refractivity contribution in [2.75, 3.05) is 0 Å². The molecule has 0 aliphatic heterocycles. The minimum atomic E-state index is -0.740. The molecule has 0 aromatic carbocycles. The van der Waals surface area contributed by atoms with Crippen molar-refractivity contribution in [3.05, 3.63) is 0 Å². The van der Waals surface area contributed by atoms with E-state index in [4.69, 9.17) is 10.2 Å². The molecule has 0 rings (SSSR count). The first-order valence-electron chi connectivity index (χ1n) is 5.06. The molecule has 0 atom stereocenters. The van der Waals surface area contributed by atoms with E-state index in [1.807, 2.05) is 0 Å². The van der Waals surface area contributed by atoms with Crippen molar-refractivity contribution in [1.29, 1.82) is 0 Å². The third-order valence-electron chi connectivity index (χ3n) is 2.03. The molecule has 0 fully saturated rings. The van der Waals surface area contributed by atoms with Crippen molar-refractivity contribution in [3.63, 3.8) is 0 Å². The topological polar surface area (TPSA) is 74.6 Å². The second kappa shape index (κ2) is 11.5. The summed E-state index contributed by atoms with van der Waals surface area (Å²) in [5.41, 5.74) is 0. The third-order valence-corrected chi connectivity index (χ3v) is 2.03. The zero-order valence-corrected chi connectivity index (χ0v) is 9.67. The van der Waals surface area contributed by atoms with Gasteiger partial charge in [-0.15, -0.1) is 0 Å². The monoisotopic (exact) mass is 260 g/mol. The van der Waals surface area contributed by atoms with Crippen molar-refractivity contribution >= 4 is 11.9 Å². The maximum Gasteiger partial charge on any atom is 0.303 e. The van der Waals surface area contributed by atoms with Crippen LogP contribution in [0.4, 0.5) is 0 Å². The summed E-state index contributed by atoms with van der Waals surface area (Å²) in [7, 11) is 0. The fourth-order valence-corrected chi connectivity index (χ4v) is 1.26. The third kappa shape index (κ3) is 16.1. The first-order valence-corrected chi connectivity index (χ1v) is 5.06. The number of carboxylic acid groups (broad SMARTS) is 2. The van der Waals surface area contributed by atoms with Crippen LogP contribution in [0.15, 0.2) is 0 Å². The Morgan fingerprint density at radius 2 is 0.933 bits per heavy atom. The molecule has 0 aliphatic carbocycles. The van der Waals surface area contributed by atoms with Crippen LogP contribution < -0.4 is 0 Å². The van der Waals surface area contributed by atoms with E-state index < -0.39 is 11.9 Å². The zero-order valence-electron chi connectivity index (χ0n) is 8.68. The van der Waals surface area contributed by atoms with Gasteiger partial charge in [-0.1, -0.05) is 25.7 Å². The Hall–Kier alpha value is -0.566. The summed E-state index contributed by atoms with van der Waals surface area (Å²) in [5, 5.41) is 16.7. The van der Waals surface area contributed by atoms with E-state index in [9.17, 15) is 9.59 Å². The Balaban J connectivity index is 0. The van der Waals surface area contributed by atoms with E-state index in [1.54, 1.807) is 0 Å². The van der Waals surface area contributed by atoms with E-state index in [0.717, 1.165) is 38.5 Å². The van der Waals surface area contributed by atoms with Crippen LogP contribution in [0.2, 0.25) is 0 Å². The van der Waals surface area contributed by atoms with Gasteiger partial charge in [0.15, 0.2) is 0 Å². The van der Waals surface area contributed by atoms with Crippen LogP contribution in [0.1, 0.15) is 51.4 Å². The van der Waals surface area contributed by atoms with Gasteiger partial charge in [0.25, 0.3) is 0 Å². The van der Waals surface area contributed by atoms with Gasteiger partial charge in [-0.2, -0.15) is 0 Å². The molecule has 15 heavy (non-hydrogen) atoms. The Morgan fingerprint density at radius 3 is 1.20 bits per heavy atom. The van der Waals surface area contributed by atoms with Gasteiger partial charge < -0.3 is 10.2 Å². The number of unbranched alkanes of at least 4 members (excludes halogenated alkanes) is 5. The van der Waals surface area contributed by atoms with Crippen LogP contribution in [0.5, 0.6) is 0 Å². The molecule has 0 heterocycles. The van der Waals surface area contributed by atoms with Crippen molar-refractivity contribution in [2.45, 2.75) is 51.4 Å². The smallest absolute Gasteiger partial charge is 0.303 e. The van der Waals surface area contributed by atoms with Crippen molar-refractivity contribution < 1.29 is 36.3 Å². The van der Waals surface area contributed by atoms with Gasteiger partial charge in [-0.3, -0.25) is 9.59 Å². The number of aliphatic carboxylic acids is 2. The van der Waals surface area contributed by atoms with E-state index in [-0.39, 0.29) is 29.3 Å². The summed E-state index contributed by atoms with van der Waals surface area (Å²) in [5.74, 6) is -1.48. The Morgan fingerprint density at radius 1 is 0.667 bits per heavy atom. The standard InChI is InChI=1S/C10H18O4.Ni/c11-9(12)7-5-3-1-2-4-6-8-10(13)14;/h1-8H2,(H,11,12)(H,13,14);. The van der Waals surface area contributed by atoms with Crippen LogP contribution in [0.25, 0.3) is 0 Å². The van der Waals surface area contributed by atoms with Gasteiger partial charge in [0.1, 0.15) is 0 Å². The first-order chi connectivity index (χ1) is 6.63. The molecule has 0 aliphatic rings. The van der Waals surface area contributed by atoms with E-state index in [1.165, 1.54) is 0 Å². The number of hydrogen-bond donors (Lipinski definition) is 2. The number of carbonyl (C=O) groups is 2. The minimum Gasteiger partial charge on any atom is -0.481 e. The average Bonchev–Trinajstić information content (AvgIpc) is 2.08. The van der Waals surface area contributed by atoms with E-state index >= 15 is 0 Å². The predicted molar refractivity (Wildman–Crippen MR) is 52.2 cm³/mol. The fraction of sp³-hybridized carbons (Fsp3) is 0.800. The van der Waals surface area contributed by atoms with Crippen molar-refractivity contribution in [2.24, 2.45) is 0 Å². The van der Waals surface area contributed by atoms with Crippen LogP contribution >= 0.6 is 0 Å². The minimum absolute atomic E-state index is 0. The second-order valence-corrected chi connectivity index (χ2v) is 3.41. The van der Waals surface area contributed by atoms with Gasteiger partial charge in [0.05, 0.1) is 0 Å². The van der Waals surface area contributed by atoms with Crippen molar-refractivity contribution in [1.82, 2.24) is 0 Å². The molecule has 0 radical (unpaired) electrons. The molecule has 0 saturated carbocycles. The maximum atomic E-state index is 10.1. The quantitative estimate of drug-likeness (QED) is 0.493. The molecule has 0 aromatic rings. The Labute approximate surface area is 100.0 Å². The summed E-state index contributed by atoms with van der Waals surface area (Å²) in [4.78, 5) is 20.3. The first kappa shape index (κ1) is 16.8. The molecular weight excluding hydrogens is 243 g/mol. The van der Waals surface area contributed by atoms with Crippen LogP contribution in [-0.2, 0) is 26.1 Å². The molecule has 0 aromatic heterocycles. The van der Waals surface area contributed by atoms with E-state index in [0.29, 0.717) is 0 Å². The maximum absolute atomic E-state index is 10.1. The van der Waals surface area contributed by atoms with E-state index in [2.05, 4.69) is 0 Å². The number of rotatable bonds is 9. The molecule has 0 unspecified atom stereocenters. The zero-order chi connectivity index (χ0) is 10.8. The van der Waals surface area contributed by atoms with Crippen LogP contribution in [0.3, 0.4) is 0 Å². The molecule has 0 bridgehead atoms. The number of carboxylic acids is 2. The Bertz CT molecular complexity index is 162. The largest absolute Gasteiger partial charge is 0.481 e. The fourth-order valence-electron chi connectivity index (χ4n) is 1.26. The van der Waals surface area contributed by atoms with Gasteiger partial charge in [0, 0.05) is 29.3 Å². The summed E-state index contributed by atoms with van der Waals surface area (Å²) in [6, 6.07) is 0. The van der Waals surface area contributed by atoms with Gasteiger partial charge in [0.2, 0.25) is 0 Å². The SMILES string of the molecule is O=C(O)CCCCCCCCC(=O)O.[Ni]. The normalized spacial score (nSPS) is 9.33. The molecule has 0 spiro atoms. The number of hydrogen-bond acceptors (Lipinski definition) is 2. The summed E-state index contributed by atoms with van der Waals surface area (Å²) < 4.78 is 0.